The number of hydrogen-bond acceptors (Lipinski definition) is 2. The first-order valence-corrected chi connectivity index (χ1v) is 6.18. The van der Waals surface area contributed by atoms with Crippen molar-refractivity contribution in [1.82, 2.24) is 4.98 Å². The summed E-state index contributed by atoms with van der Waals surface area (Å²) < 4.78 is 27.1. The summed E-state index contributed by atoms with van der Waals surface area (Å²) in [7, 11) is 0. The third-order valence-corrected chi connectivity index (χ3v) is 3.01. The Morgan fingerprint density at radius 3 is 2.61 bits per heavy atom. The van der Waals surface area contributed by atoms with Gasteiger partial charge in [0.2, 0.25) is 0 Å². The van der Waals surface area contributed by atoms with Crippen molar-refractivity contribution in [2.45, 2.75) is 13.0 Å². The Bertz CT molecular complexity index is 543. The van der Waals surface area contributed by atoms with Gasteiger partial charge in [-0.2, -0.15) is 0 Å². The second-order valence-corrected chi connectivity index (χ2v) is 4.71. The van der Waals surface area contributed by atoms with Gasteiger partial charge in [-0.3, -0.25) is 0 Å². The number of hydrogen-bond donors (Lipinski definition) is 1. The van der Waals surface area contributed by atoms with Crippen LogP contribution in [0.15, 0.2) is 41.1 Å². The van der Waals surface area contributed by atoms with Gasteiger partial charge in [0.05, 0.1) is 17.9 Å². The summed E-state index contributed by atoms with van der Waals surface area (Å²) in [5, 5.41) is 3.10. The Morgan fingerprint density at radius 1 is 1.22 bits per heavy atom. The zero-order valence-electron chi connectivity index (χ0n) is 9.62. The van der Waals surface area contributed by atoms with Gasteiger partial charge < -0.3 is 5.32 Å². The van der Waals surface area contributed by atoms with Crippen LogP contribution in [0.4, 0.5) is 14.5 Å². The molecule has 2 rings (SSSR count). The predicted molar refractivity (Wildman–Crippen MR) is 70.3 cm³/mol. The molecule has 0 fully saturated rings. The fourth-order valence-electron chi connectivity index (χ4n) is 1.64. The number of nitrogens with one attached hydrogen (secondary N) is 1. The highest BCUT2D eigenvalue weighted by Gasteiger charge is 2.11. The molecule has 2 nitrogen and oxygen atoms in total. The zero-order chi connectivity index (χ0) is 13.1. The Labute approximate surface area is 112 Å². The second-order valence-electron chi connectivity index (χ2n) is 3.90. The highest BCUT2D eigenvalue weighted by molar-refractivity contribution is 9.10. The molecule has 1 unspecified atom stereocenters. The van der Waals surface area contributed by atoms with Gasteiger partial charge in [-0.1, -0.05) is 6.07 Å². The number of halogens is 3. The van der Waals surface area contributed by atoms with Gasteiger partial charge in [-0.15, -0.1) is 0 Å². The molecule has 0 amide bonds. The molecule has 5 heteroatoms. The van der Waals surface area contributed by atoms with E-state index >= 15 is 0 Å². The SMILES string of the molecule is CC(Nc1ccc(Br)nc1)c1ccc(F)cc1F. The van der Waals surface area contributed by atoms with Crippen molar-refractivity contribution in [1.29, 1.82) is 0 Å². The van der Waals surface area contributed by atoms with E-state index in [2.05, 4.69) is 26.2 Å². The molecule has 1 aromatic carbocycles. The van der Waals surface area contributed by atoms with E-state index in [0.717, 1.165) is 16.4 Å². The summed E-state index contributed by atoms with van der Waals surface area (Å²) in [5.41, 5.74) is 1.19. The summed E-state index contributed by atoms with van der Waals surface area (Å²) in [5.74, 6) is -1.13. The molecule has 1 aromatic heterocycles. The van der Waals surface area contributed by atoms with Crippen molar-refractivity contribution >= 4 is 21.6 Å². The van der Waals surface area contributed by atoms with Crippen LogP contribution in [0.3, 0.4) is 0 Å². The molecule has 1 atom stereocenters. The highest BCUT2D eigenvalue weighted by atomic mass is 79.9. The van der Waals surface area contributed by atoms with Gasteiger partial charge in [0.15, 0.2) is 0 Å². The number of aromatic nitrogens is 1. The topological polar surface area (TPSA) is 24.9 Å². The molecule has 0 aliphatic carbocycles. The van der Waals surface area contributed by atoms with Crippen molar-refractivity contribution in [2.24, 2.45) is 0 Å². The maximum absolute atomic E-state index is 13.6. The minimum Gasteiger partial charge on any atom is -0.377 e. The van der Waals surface area contributed by atoms with Crippen LogP contribution in [-0.4, -0.2) is 4.98 Å². The molecule has 0 aliphatic heterocycles. The molecule has 0 bridgehead atoms. The van der Waals surface area contributed by atoms with Crippen molar-refractivity contribution in [3.63, 3.8) is 0 Å². The molecular formula is C13H11BrF2N2. The van der Waals surface area contributed by atoms with E-state index in [9.17, 15) is 8.78 Å². The molecule has 2 aromatic rings. The molecule has 0 saturated carbocycles. The summed E-state index contributed by atoms with van der Waals surface area (Å²) in [6.07, 6.45) is 1.64. The Balaban J connectivity index is 2.16. The van der Waals surface area contributed by atoms with Crippen molar-refractivity contribution in [3.05, 3.63) is 58.3 Å². The number of nitrogens with zero attached hydrogens (tertiary/aromatic N) is 1. The lowest BCUT2D eigenvalue weighted by Crippen LogP contribution is -2.09. The summed E-state index contributed by atoms with van der Waals surface area (Å²) in [6.45, 7) is 1.80. The standard InChI is InChI=1S/C13H11BrF2N2/c1-8(11-4-2-9(15)6-12(11)16)18-10-3-5-13(14)17-7-10/h2-8,18H,1H3. The average molecular weight is 313 g/mol. The Kier molecular flexibility index (Phi) is 3.91. The minimum atomic E-state index is -0.575. The van der Waals surface area contributed by atoms with Crippen LogP contribution in [0.25, 0.3) is 0 Å². The second kappa shape index (κ2) is 5.44. The van der Waals surface area contributed by atoms with E-state index in [1.807, 2.05) is 6.07 Å². The molecule has 0 radical (unpaired) electrons. The first-order chi connectivity index (χ1) is 8.56. The van der Waals surface area contributed by atoms with Crippen molar-refractivity contribution in [3.8, 4) is 0 Å². The van der Waals surface area contributed by atoms with E-state index in [4.69, 9.17) is 0 Å². The monoisotopic (exact) mass is 312 g/mol. The molecule has 0 saturated heterocycles. The zero-order valence-corrected chi connectivity index (χ0v) is 11.2. The minimum absolute atomic E-state index is 0.270. The lowest BCUT2D eigenvalue weighted by Gasteiger charge is -2.16. The summed E-state index contributed by atoms with van der Waals surface area (Å²) >= 11 is 3.24. The van der Waals surface area contributed by atoms with E-state index in [-0.39, 0.29) is 6.04 Å². The first-order valence-electron chi connectivity index (χ1n) is 5.39. The molecule has 0 aliphatic rings. The number of pyridine rings is 1. The fraction of sp³-hybridized carbons (Fsp3) is 0.154. The largest absolute Gasteiger partial charge is 0.377 e. The highest BCUT2D eigenvalue weighted by Crippen LogP contribution is 2.22. The van der Waals surface area contributed by atoms with Crippen LogP contribution in [0.1, 0.15) is 18.5 Å². The Morgan fingerprint density at radius 2 is 2.00 bits per heavy atom. The van der Waals surface area contributed by atoms with Crippen LogP contribution >= 0.6 is 15.9 Å². The number of anilines is 1. The predicted octanol–water partition coefficient (Wildman–Crippen LogP) is 4.30. The Hall–Kier alpha value is -1.49. The maximum atomic E-state index is 13.6. The quantitative estimate of drug-likeness (QED) is 0.855. The molecule has 1 heterocycles. The number of rotatable bonds is 3. The molecule has 18 heavy (non-hydrogen) atoms. The maximum Gasteiger partial charge on any atom is 0.131 e. The average Bonchev–Trinajstić information content (AvgIpc) is 2.32. The van der Waals surface area contributed by atoms with Gasteiger partial charge in [-0.25, -0.2) is 13.8 Å². The smallest absolute Gasteiger partial charge is 0.131 e. The molecule has 1 N–H and O–H groups in total. The first kappa shape index (κ1) is 13.0. The van der Waals surface area contributed by atoms with E-state index in [1.165, 1.54) is 12.1 Å². The summed E-state index contributed by atoms with van der Waals surface area (Å²) in [6, 6.07) is 6.91. The van der Waals surface area contributed by atoms with Crippen LogP contribution < -0.4 is 5.32 Å². The van der Waals surface area contributed by atoms with Gasteiger partial charge in [0.1, 0.15) is 16.2 Å². The van der Waals surface area contributed by atoms with Crippen molar-refractivity contribution < 1.29 is 8.78 Å². The molecule has 94 valence electrons. The van der Waals surface area contributed by atoms with Gasteiger partial charge >= 0.3 is 0 Å². The third kappa shape index (κ3) is 3.04. The van der Waals surface area contributed by atoms with Crippen LogP contribution in [-0.2, 0) is 0 Å². The lowest BCUT2D eigenvalue weighted by molar-refractivity contribution is 0.566. The number of benzene rings is 1. The van der Waals surface area contributed by atoms with Gasteiger partial charge in [-0.05, 0) is 41.1 Å². The van der Waals surface area contributed by atoms with Crippen LogP contribution in [0.5, 0.6) is 0 Å². The normalized spacial score (nSPS) is 12.2. The van der Waals surface area contributed by atoms with E-state index < -0.39 is 11.6 Å². The van der Waals surface area contributed by atoms with E-state index in [0.29, 0.717) is 5.56 Å². The van der Waals surface area contributed by atoms with Gasteiger partial charge in [0, 0.05) is 11.6 Å². The fourth-order valence-corrected chi connectivity index (χ4v) is 1.88. The molecule has 0 spiro atoms. The third-order valence-electron chi connectivity index (χ3n) is 2.54. The van der Waals surface area contributed by atoms with Crippen LogP contribution in [0, 0.1) is 11.6 Å². The van der Waals surface area contributed by atoms with Crippen LogP contribution in [0.2, 0.25) is 0 Å². The summed E-state index contributed by atoms with van der Waals surface area (Å²) in [4.78, 5) is 4.06. The van der Waals surface area contributed by atoms with Crippen molar-refractivity contribution in [2.75, 3.05) is 5.32 Å². The lowest BCUT2D eigenvalue weighted by atomic mass is 10.1. The molecular weight excluding hydrogens is 302 g/mol. The van der Waals surface area contributed by atoms with E-state index in [1.54, 1.807) is 19.2 Å². The van der Waals surface area contributed by atoms with Gasteiger partial charge in [0.25, 0.3) is 0 Å².